The Bertz CT molecular complexity index is 3090. The van der Waals surface area contributed by atoms with Crippen molar-refractivity contribution < 1.29 is 4.42 Å². The van der Waals surface area contributed by atoms with Crippen molar-refractivity contribution >= 4 is 54.5 Å². The Morgan fingerprint density at radius 3 is 1.43 bits per heavy atom. The smallest absolute Gasteiger partial charge is 0.164 e. The Labute approximate surface area is 310 Å². The standard InChI is InChI=1S/C49H30N4O/c1-3-13-32(14-4-1)47-50-48(33-15-5-2-6-16-33)52-49(51-47)34-25-23-31(24-26-34)40-30-45-46(39-20-8-7-17-36(39)40)41-29-35(27-28-44(41)54-45)53-42-21-11-9-18-37(42)38-19-10-12-22-43(38)53/h1-30H. The zero-order chi connectivity index (χ0) is 35.6. The Kier molecular flexibility index (Phi) is 6.79. The third-order valence-electron chi connectivity index (χ3n) is 10.5. The van der Waals surface area contributed by atoms with Crippen LogP contribution in [0.4, 0.5) is 0 Å². The Hall–Kier alpha value is -7.37. The third-order valence-corrected chi connectivity index (χ3v) is 10.5. The van der Waals surface area contributed by atoms with Crippen LogP contribution >= 0.6 is 0 Å². The third kappa shape index (κ3) is 4.83. The lowest BCUT2D eigenvalue weighted by molar-refractivity contribution is 0.669. The zero-order valence-electron chi connectivity index (χ0n) is 29.0. The first-order valence-corrected chi connectivity index (χ1v) is 18.1. The lowest BCUT2D eigenvalue weighted by atomic mass is 9.94. The van der Waals surface area contributed by atoms with E-state index in [4.69, 9.17) is 19.4 Å². The van der Waals surface area contributed by atoms with Gasteiger partial charge in [0.15, 0.2) is 17.5 Å². The second-order valence-corrected chi connectivity index (χ2v) is 13.6. The predicted octanol–water partition coefficient (Wildman–Crippen LogP) is 12.7. The second-order valence-electron chi connectivity index (χ2n) is 13.6. The van der Waals surface area contributed by atoms with E-state index in [2.05, 4.69) is 126 Å². The number of fused-ring (bicyclic) bond motifs is 8. The molecule has 0 unspecified atom stereocenters. The highest BCUT2D eigenvalue weighted by Gasteiger charge is 2.18. The molecule has 0 radical (unpaired) electrons. The fourth-order valence-corrected chi connectivity index (χ4v) is 7.94. The fraction of sp³-hybridized carbons (Fsp3) is 0. The molecule has 5 heteroatoms. The molecule has 54 heavy (non-hydrogen) atoms. The number of furan rings is 1. The highest BCUT2D eigenvalue weighted by atomic mass is 16.3. The van der Waals surface area contributed by atoms with Gasteiger partial charge < -0.3 is 8.98 Å². The van der Waals surface area contributed by atoms with Gasteiger partial charge in [0.2, 0.25) is 0 Å². The summed E-state index contributed by atoms with van der Waals surface area (Å²) in [6.07, 6.45) is 0. The fourth-order valence-electron chi connectivity index (χ4n) is 7.94. The maximum atomic E-state index is 6.64. The molecule has 11 rings (SSSR count). The minimum atomic E-state index is 0.630. The summed E-state index contributed by atoms with van der Waals surface area (Å²) in [5.41, 5.74) is 10.2. The van der Waals surface area contributed by atoms with E-state index in [9.17, 15) is 0 Å². The molecule has 0 aliphatic rings. The Balaban J connectivity index is 1.04. The second kappa shape index (κ2) is 12.1. The molecule has 11 aromatic rings. The van der Waals surface area contributed by atoms with Crippen molar-refractivity contribution in [2.24, 2.45) is 0 Å². The van der Waals surface area contributed by atoms with Gasteiger partial charge in [-0.2, -0.15) is 0 Å². The summed E-state index contributed by atoms with van der Waals surface area (Å²) >= 11 is 0. The van der Waals surface area contributed by atoms with Crippen LogP contribution in [0.3, 0.4) is 0 Å². The Morgan fingerprint density at radius 1 is 0.352 bits per heavy atom. The molecule has 0 saturated carbocycles. The van der Waals surface area contributed by atoms with Gasteiger partial charge in [-0.15, -0.1) is 0 Å². The number of nitrogens with zero attached hydrogens (tertiary/aromatic N) is 4. The number of benzene rings is 8. The highest BCUT2D eigenvalue weighted by Crippen LogP contribution is 2.42. The average molecular weight is 691 g/mol. The van der Waals surface area contributed by atoms with Crippen molar-refractivity contribution in [3.63, 3.8) is 0 Å². The monoisotopic (exact) mass is 690 g/mol. The van der Waals surface area contributed by atoms with Gasteiger partial charge in [-0.1, -0.05) is 146 Å². The lowest BCUT2D eigenvalue weighted by Gasteiger charge is -2.11. The van der Waals surface area contributed by atoms with Crippen molar-refractivity contribution in [1.82, 2.24) is 19.5 Å². The summed E-state index contributed by atoms with van der Waals surface area (Å²) in [6.45, 7) is 0. The number of rotatable bonds is 5. The molecule has 3 aromatic heterocycles. The SMILES string of the molecule is c1ccc(-c2nc(-c3ccccc3)nc(-c3ccc(-c4cc5oc6ccc(-n7c8ccccc8c8ccccc87)cc6c5c5ccccc45)cc3)n2)cc1. The molecule has 0 bridgehead atoms. The van der Waals surface area contributed by atoms with E-state index in [1.807, 2.05) is 60.7 Å². The number of para-hydroxylation sites is 2. The molecule has 5 nitrogen and oxygen atoms in total. The molecule has 0 spiro atoms. The molecule has 0 fully saturated rings. The number of hydrogen-bond acceptors (Lipinski definition) is 4. The summed E-state index contributed by atoms with van der Waals surface area (Å²) in [6, 6.07) is 63.3. The van der Waals surface area contributed by atoms with Crippen LogP contribution in [0, 0.1) is 0 Å². The largest absolute Gasteiger partial charge is 0.456 e. The molecule has 0 saturated heterocycles. The molecule has 0 aliphatic carbocycles. The normalized spacial score (nSPS) is 11.7. The maximum absolute atomic E-state index is 6.64. The molecule has 8 aromatic carbocycles. The van der Waals surface area contributed by atoms with E-state index >= 15 is 0 Å². The first-order valence-electron chi connectivity index (χ1n) is 18.1. The van der Waals surface area contributed by atoms with Gasteiger partial charge in [-0.25, -0.2) is 15.0 Å². The molecular weight excluding hydrogens is 661 g/mol. The van der Waals surface area contributed by atoms with E-state index in [0.717, 1.165) is 60.8 Å². The quantitative estimate of drug-likeness (QED) is 0.180. The number of aromatic nitrogens is 4. The highest BCUT2D eigenvalue weighted by molar-refractivity contribution is 6.22. The van der Waals surface area contributed by atoms with Crippen molar-refractivity contribution in [2.75, 3.05) is 0 Å². The number of hydrogen-bond donors (Lipinski definition) is 0. The summed E-state index contributed by atoms with van der Waals surface area (Å²) in [5.74, 6) is 1.92. The van der Waals surface area contributed by atoms with Gasteiger partial charge in [-0.05, 0) is 58.3 Å². The van der Waals surface area contributed by atoms with E-state index in [0.29, 0.717) is 17.5 Å². The average Bonchev–Trinajstić information content (AvgIpc) is 3.79. The van der Waals surface area contributed by atoms with E-state index in [1.165, 1.54) is 27.2 Å². The first kappa shape index (κ1) is 30.3. The molecule has 0 atom stereocenters. The van der Waals surface area contributed by atoms with Crippen molar-refractivity contribution in [2.45, 2.75) is 0 Å². The molecule has 0 amide bonds. The van der Waals surface area contributed by atoms with Gasteiger partial charge in [0.25, 0.3) is 0 Å². The summed E-state index contributed by atoms with van der Waals surface area (Å²) < 4.78 is 9.00. The van der Waals surface area contributed by atoms with Crippen LogP contribution in [-0.2, 0) is 0 Å². The van der Waals surface area contributed by atoms with Gasteiger partial charge in [0, 0.05) is 43.9 Å². The molecule has 252 valence electrons. The zero-order valence-corrected chi connectivity index (χ0v) is 29.0. The van der Waals surface area contributed by atoms with Crippen LogP contribution in [0.5, 0.6) is 0 Å². The minimum absolute atomic E-state index is 0.630. The van der Waals surface area contributed by atoms with E-state index < -0.39 is 0 Å². The van der Waals surface area contributed by atoms with Crippen LogP contribution in [0.25, 0.3) is 105 Å². The van der Waals surface area contributed by atoms with Crippen molar-refractivity contribution in [3.8, 4) is 51.0 Å². The van der Waals surface area contributed by atoms with Crippen LogP contribution in [0.2, 0.25) is 0 Å². The van der Waals surface area contributed by atoms with Crippen LogP contribution in [-0.4, -0.2) is 19.5 Å². The van der Waals surface area contributed by atoms with Crippen LogP contribution < -0.4 is 0 Å². The molecule has 0 aliphatic heterocycles. The molecule has 0 N–H and O–H groups in total. The van der Waals surface area contributed by atoms with Crippen LogP contribution in [0.1, 0.15) is 0 Å². The van der Waals surface area contributed by atoms with E-state index in [1.54, 1.807) is 0 Å². The molecular formula is C49H30N4O. The van der Waals surface area contributed by atoms with Crippen LogP contribution in [0.15, 0.2) is 186 Å². The van der Waals surface area contributed by atoms with Crippen molar-refractivity contribution in [3.05, 3.63) is 182 Å². The minimum Gasteiger partial charge on any atom is -0.456 e. The Morgan fingerprint density at radius 2 is 0.833 bits per heavy atom. The predicted molar refractivity (Wildman–Crippen MR) is 221 cm³/mol. The lowest BCUT2D eigenvalue weighted by Crippen LogP contribution is -2.00. The maximum Gasteiger partial charge on any atom is 0.164 e. The summed E-state index contributed by atoms with van der Waals surface area (Å²) in [7, 11) is 0. The van der Waals surface area contributed by atoms with Gasteiger partial charge in [0.1, 0.15) is 11.2 Å². The van der Waals surface area contributed by atoms with Crippen molar-refractivity contribution in [1.29, 1.82) is 0 Å². The summed E-state index contributed by atoms with van der Waals surface area (Å²) in [4.78, 5) is 14.7. The van der Waals surface area contributed by atoms with E-state index in [-0.39, 0.29) is 0 Å². The van der Waals surface area contributed by atoms with Gasteiger partial charge in [-0.3, -0.25) is 0 Å². The first-order chi connectivity index (χ1) is 26.8. The molecule has 3 heterocycles. The topological polar surface area (TPSA) is 56.7 Å². The van der Waals surface area contributed by atoms with Gasteiger partial charge in [0.05, 0.1) is 11.0 Å². The summed E-state index contributed by atoms with van der Waals surface area (Å²) in [5, 5.41) is 7.03. The van der Waals surface area contributed by atoms with Gasteiger partial charge >= 0.3 is 0 Å².